The van der Waals surface area contributed by atoms with E-state index < -0.39 is 23.3 Å². The Bertz CT molecular complexity index is 1340. The van der Waals surface area contributed by atoms with Gasteiger partial charge in [0.05, 0.1) is 11.4 Å². The van der Waals surface area contributed by atoms with Gasteiger partial charge in [-0.1, -0.05) is 53.4 Å². The van der Waals surface area contributed by atoms with Crippen LogP contribution in [0.25, 0.3) is 11.0 Å². The van der Waals surface area contributed by atoms with E-state index in [1.165, 1.54) is 24.3 Å². The molecule has 4 aromatic rings. The lowest BCUT2D eigenvalue weighted by Gasteiger charge is -2.04. The molecule has 2 N–H and O–H groups in total. The van der Waals surface area contributed by atoms with Crippen molar-refractivity contribution < 1.29 is 18.4 Å². The maximum absolute atomic E-state index is 13.6. The SMILES string of the molecule is O=C(CSc1nnc(NC(=O)c2cc3ccccc3oc2=O)s1)Nc1ccccc1F. The zero-order valence-corrected chi connectivity index (χ0v) is 17.3. The Morgan fingerprint density at radius 2 is 1.84 bits per heavy atom. The molecule has 0 spiro atoms. The Morgan fingerprint density at radius 3 is 2.68 bits per heavy atom. The van der Waals surface area contributed by atoms with E-state index in [1.54, 1.807) is 30.3 Å². The van der Waals surface area contributed by atoms with Gasteiger partial charge in [0.25, 0.3) is 5.91 Å². The number of amides is 2. The number of para-hydroxylation sites is 2. The van der Waals surface area contributed by atoms with Gasteiger partial charge in [0.15, 0.2) is 4.34 Å². The molecule has 11 heteroatoms. The minimum absolute atomic E-state index is 0.0226. The highest BCUT2D eigenvalue weighted by molar-refractivity contribution is 8.01. The van der Waals surface area contributed by atoms with Crippen LogP contribution in [-0.4, -0.2) is 27.8 Å². The van der Waals surface area contributed by atoms with Crippen LogP contribution in [0, 0.1) is 5.82 Å². The van der Waals surface area contributed by atoms with Crippen molar-refractivity contribution in [3.05, 3.63) is 76.4 Å². The summed E-state index contributed by atoms with van der Waals surface area (Å²) < 4.78 is 19.2. The van der Waals surface area contributed by atoms with Crippen molar-refractivity contribution in [2.24, 2.45) is 0 Å². The summed E-state index contributed by atoms with van der Waals surface area (Å²) >= 11 is 2.12. The van der Waals surface area contributed by atoms with Gasteiger partial charge in [-0.3, -0.25) is 14.9 Å². The molecule has 0 bridgehead atoms. The van der Waals surface area contributed by atoms with Crippen molar-refractivity contribution >= 4 is 56.7 Å². The number of fused-ring (bicyclic) bond motifs is 1. The van der Waals surface area contributed by atoms with E-state index in [1.807, 2.05) is 0 Å². The largest absolute Gasteiger partial charge is 0.422 e. The number of aromatic nitrogens is 2. The molecule has 2 aromatic carbocycles. The van der Waals surface area contributed by atoms with Crippen LogP contribution < -0.4 is 16.3 Å². The summed E-state index contributed by atoms with van der Waals surface area (Å²) in [5, 5.41) is 13.5. The Hall–Kier alpha value is -3.57. The molecule has 0 saturated heterocycles. The maximum atomic E-state index is 13.6. The third-order valence-electron chi connectivity index (χ3n) is 3.99. The number of rotatable bonds is 6. The van der Waals surface area contributed by atoms with Gasteiger partial charge in [0.2, 0.25) is 11.0 Å². The van der Waals surface area contributed by atoms with Crippen molar-refractivity contribution in [2.45, 2.75) is 4.34 Å². The van der Waals surface area contributed by atoms with E-state index in [2.05, 4.69) is 20.8 Å². The molecular formula is C20H13FN4O4S2. The molecule has 0 aliphatic carbocycles. The number of nitrogens with one attached hydrogen (secondary N) is 2. The van der Waals surface area contributed by atoms with Crippen molar-refractivity contribution in [1.29, 1.82) is 0 Å². The molecule has 156 valence electrons. The molecule has 0 unspecified atom stereocenters. The van der Waals surface area contributed by atoms with E-state index in [9.17, 15) is 18.8 Å². The molecule has 2 heterocycles. The molecule has 0 aliphatic heterocycles. The first-order valence-electron chi connectivity index (χ1n) is 8.84. The highest BCUT2D eigenvalue weighted by atomic mass is 32.2. The first kappa shape index (κ1) is 20.7. The third kappa shape index (κ3) is 4.95. The fraction of sp³-hybridized carbons (Fsp3) is 0.0500. The topological polar surface area (TPSA) is 114 Å². The normalized spacial score (nSPS) is 10.7. The third-order valence-corrected chi connectivity index (χ3v) is 5.96. The van der Waals surface area contributed by atoms with Gasteiger partial charge in [0, 0.05) is 5.39 Å². The van der Waals surface area contributed by atoms with Crippen LogP contribution in [0.15, 0.2) is 68.1 Å². The van der Waals surface area contributed by atoms with E-state index in [-0.39, 0.29) is 22.1 Å². The Morgan fingerprint density at radius 1 is 1.06 bits per heavy atom. The average molecular weight is 456 g/mol. The van der Waals surface area contributed by atoms with Crippen molar-refractivity contribution in [3.63, 3.8) is 0 Å². The Labute approximate surface area is 182 Å². The molecule has 4 rings (SSSR count). The first-order valence-corrected chi connectivity index (χ1v) is 10.6. The van der Waals surface area contributed by atoms with Crippen molar-refractivity contribution in [3.8, 4) is 0 Å². The summed E-state index contributed by atoms with van der Waals surface area (Å²) in [6.45, 7) is 0. The second-order valence-electron chi connectivity index (χ2n) is 6.13. The second kappa shape index (κ2) is 9.06. The number of hydrogen-bond acceptors (Lipinski definition) is 8. The van der Waals surface area contributed by atoms with Crippen molar-refractivity contribution in [1.82, 2.24) is 10.2 Å². The average Bonchev–Trinajstić information content (AvgIpc) is 3.20. The van der Waals surface area contributed by atoms with Crippen LogP contribution in [0.5, 0.6) is 0 Å². The van der Waals surface area contributed by atoms with Crippen LogP contribution in [0.3, 0.4) is 0 Å². The fourth-order valence-electron chi connectivity index (χ4n) is 2.58. The quantitative estimate of drug-likeness (QED) is 0.258. The molecule has 0 saturated carbocycles. The zero-order valence-electron chi connectivity index (χ0n) is 15.6. The van der Waals surface area contributed by atoms with Gasteiger partial charge in [0.1, 0.15) is 17.0 Å². The lowest BCUT2D eigenvalue weighted by Crippen LogP contribution is -2.20. The Balaban J connectivity index is 1.37. The van der Waals surface area contributed by atoms with E-state index in [4.69, 9.17) is 4.42 Å². The van der Waals surface area contributed by atoms with Crippen LogP contribution in [-0.2, 0) is 4.79 Å². The number of carbonyl (C=O) groups is 2. The van der Waals surface area contributed by atoms with Gasteiger partial charge in [-0.15, -0.1) is 10.2 Å². The number of benzene rings is 2. The molecule has 31 heavy (non-hydrogen) atoms. The minimum Gasteiger partial charge on any atom is -0.422 e. The summed E-state index contributed by atoms with van der Waals surface area (Å²) in [6, 6.07) is 14.1. The van der Waals surface area contributed by atoms with Gasteiger partial charge >= 0.3 is 5.63 Å². The fourth-order valence-corrected chi connectivity index (χ4v) is 4.13. The van der Waals surface area contributed by atoms with E-state index in [0.717, 1.165) is 23.1 Å². The Kier molecular flexibility index (Phi) is 6.05. The van der Waals surface area contributed by atoms with Gasteiger partial charge in [-0.25, -0.2) is 9.18 Å². The lowest BCUT2D eigenvalue weighted by molar-refractivity contribution is -0.113. The number of nitrogens with zero attached hydrogens (tertiary/aromatic N) is 2. The molecule has 0 atom stereocenters. The van der Waals surface area contributed by atoms with Crippen LogP contribution in [0.1, 0.15) is 10.4 Å². The molecular weight excluding hydrogens is 443 g/mol. The maximum Gasteiger partial charge on any atom is 0.349 e. The van der Waals surface area contributed by atoms with Crippen LogP contribution >= 0.6 is 23.1 Å². The molecule has 0 aliphatic rings. The summed E-state index contributed by atoms with van der Waals surface area (Å²) in [4.78, 5) is 36.5. The number of halogens is 1. The predicted octanol–water partition coefficient (Wildman–Crippen LogP) is 3.77. The predicted molar refractivity (Wildman–Crippen MR) is 116 cm³/mol. The van der Waals surface area contributed by atoms with Gasteiger partial charge in [-0.2, -0.15) is 0 Å². The minimum atomic E-state index is -0.764. The highest BCUT2D eigenvalue weighted by Crippen LogP contribution is 2.26. The van der Waals surface area contributed by atoms with Crippen LogP contribution in [0.4, 0.5) is 15.2 Å². The number of carbonyl (C=O) groups excluding carboxylic acids is 2. The monoisotopic (exact) mass is 456 g/mol. The molecule has 0 radical (unpaired) electrons. The number of thioether (sulfide) groups is 1. The van der Waals surface area contributed by atoms with E-state index >= 15 is 0 Å². The molecule has 0 fully saturated rings. The summed E-state index contributed by atoms with van der Waals surface area (Å²) in [5.41, 5.74) is -0.452. The van der Waals surface area contributed by atoms with Crippen LogP contribution in [0.2, 0.25) is 0 Å². The van der Waals surface area contributed by atoms with E-state index in [0.29, 0.717) is 15.3 Å². The molecule has 2 aromatic heterocycles. The lowest BCUT2D eigenvalue weighted by atomic mass is 10.2. The van der Waals surface area contributed by atoms with Crippen molar-refractivity contribution in [2.75, 3.05) is 16.4 Å². The second-order valence-corrected chi connectivity index (χ2v) is 8.33. The zero-order chi connectivity index (χ0) is 21.8. The standard InChI is InChI=1S/C20H13FN4O4S2/c21-13-6-2-3-7-14(13)22-16(26)10-30-20-25-24-19(31-20)23-17(27)12-9-11-5-1-4-8-15(11)29-18(12)28/h1-9H,10H2,(H,22,26)(H,23,24,27). The summed E-state index contributed by atoms with van der Waals surface area (Å²) in [6.07, 6.45) is 0. The first-order chi connectivity index (χ1) is 15.0. The van der Waals surface area contributed by atoms with Gasteiger partial charge < -0.3 is 9.73 Å². The number of anilines is 2. The highest BCUT2D eigenvalue weighted by Gasteiger charge is 2.16. The van der Waals surface area contributed by atoms with Gasteiger partial charge in [-0.05, 0) is 24.3 Å². The molecule has 2 amide bonds. The summed E-state index contributed by atoms with van der Waals surface area (Å²) in [5.74, 6) is -1.64. The number of hydrogen-bond donors (Lipinski definition) is 2. The molecule has 8 nitrogen and oxygen atoms in total. The summed E-state index contributed by atoms with van der Waals surface area (Å²) in [7, 11) is 0. The smallest absolute Gasteiger partial charge is 0.349 e.